The highest BCUT2D eigenvalue weighted by molar-refractivity contribution is 5.78. The molecule has 0 aromatic rings. The van der Waals surface area contributed by atoms with E-state index < -0.39 is 0 Å². The van der Waals surface area contributed by atoms with Crippen LogP contribution >= 0.6 is 0 Å². The first-order valence-corrected chi connectivity index (χ1v) is 5.58. The molecule has 1 amide bonds. The lowest BCUT2D eigenvalue weighted by Gasteiger charge is -2.14. The predicted molar refractivity (Wildman–Crippen MR) is 58.1 cm³/mol. The molecule has 0 radical (unpaired) electrons. The largest absolute Gasteiger partial charge is 0.354 e. The van der Waals surface area contributed by atoms with Gasteiger partial charge in [-0.25, -0.2) is 0 Å². The van der Waals surface area contributed by atoms with E-state index in [4.69, 9.17) is 0 Å². The van der Waals surface area contributed by atoms with Crippen molar-refractivity contribution in [3.8, 4) is 0 Å². The molecule has 0 aromatic heterocycles. The highest BCUT2D eigenvalue weighted by atomic mass is 16.1. The van der Waals surface area contributed by atoms with E-state index >= 15 is 0 Å². The van der Waals surface area contributed by atoms with Crippen LogP contribution in [0.15, 0.2) is 0 Å². The van der Waals surface area contributed by atoms with E-state index in [0.717, 1.165) is 6.54 Å². The van der Waals surface area contributed by atoms with Crippen molar-refractivity contribution in [1.82, 2.24) is 10.6 Å². The molecule has 1 aliphatic carbocycles. The van der Waals surface area contributed by atoms with Crippen molar-refractivity contribution in [3.63, 3.8) is 0 Å². The molecule has 0 spiro atoms. The van der Waals surface area contributed by atoms with Crippen LogP contribution in [0.4, 0.5) is 0 Å². The van der Waals surface area contributed by atoms with Gasteiger partial charge in [0, 0.05) is 12.6 Å². The van der Waals surface area contributed by atoms with Gasteiger partial charge in [0.15, 0.2) is 0 Å². The van der Waals surface area contributed by atoms with Crippen molar-refractivity contribution in [2.24, 2.45) is 5.41 Å². The lowest BCUT2D eigenvalue weighted by Crippen LogP contribution is -2.39. The Morgan fingerprint density at radius 1 is 1.43 bits per heavy atom. The van der Waals surface area contributed by atoms with Gasteiger partial charge in [0.2, 0.25) is 5.91 Å². The Morgan fingerprint density at radius 2 is 2.07 bits per heavy atom. The number of nitrogens with one attached hydrogen (secondary N) is 2. The normalized spacial score (nSPS) is 18.3. The molecule has 3 nitrogen and oxygen atoms in total. The van der Waals surface area contributed by atoms with Gasteiger partial charge >= 0.3 is 0 Å². The number of carbonyl (C=O) groups excluding carboxylic acids is 1. The topological polar surface area (TPSA) is 41.1 Å². The van der Waals surface area contributed by atoms with E-state index in [9.17, 15) is 4.79 Å². The molecule has 0 aromatic carbocycles. The molecule has 0 bridgehead atoms. The summed E-state index contributed by atoms with van der Waals surface area (Å²) in [5.74, 6) is 0.124. The molecule has 3 heteroatoms. The third-order valence-corrected chi connectivity index (χ3v) is 3.04. The monoisotopic (exact) mass is 198 g/mol. The van der Waals surface area contributed by atoms with Crippen LogP contribution in [0, 0.1) is 5.41 Å². The van der Waals surface area contributed by atoms with Gasteiger partial charge < -0.3 is 10.6 Å². The second-order valence-corrected chi connectivity index (χ2v) is 4.67. The van der Waals surface area contributed by atoms with Crippen molar-refractivity contribution in [2.45, 2.75) is 46.1 Å². The van der Waals surface area contributed by atoms with Gasteiger partial charge in [0.25, 0.3) is 0 Å². The average molecular weight is 198 g/mol. The van der Waals surface area contributed by atoms with Crippen molar-refractivity contribution >= 4 is 5.91 Å². The number of amides is 1. The van der Waals surface area contributed by atoms with Crippen molar-refractivity contribution in [1.29, 1.82) is 0 Å². The third-order valence-electron chi connectivity index (χ3n) is 3.04. The Kier molecular flexibility index (Phi) is 3.93. The summed E-state index contributed by atoms with van der Waals surface area (Å²) in [6.45, 7) is 7.59. The third kappa shape index (κ3) is 3.66. The van der Waals surface area contributed by atoms with Crippen LogP contribution in [0.1, 0.15) is 40.0 Å². The highest BCUT2D eigenvalue weighted by Crippen LogP contribution is 2.47. The zero-order valence-corrected chi connectivity index (χ0v) is 9.52. The minimum atomic E-state index is 0.124. The Bertz CT molecular complexity index is 197. The Hall–Kier alpha value is -0.570. The molecule has 2 N–H and O–H groups in total. The first kappa shape index (κ1) is 11.5. The maximum absolute atomic E-state index is 11.4. The molecule has 1 saturated carbocycles. The van der Waals surface area contributed by atoms with Crippen LogP contribution in [0.25, 0.3) is 0 Å². The Labute approximate surface area is 86.6 Å². The minimum absolute atomic E-state index is 0.124. The number of carbonyl (C=O) groups is 1. The molecule has 0 atom stereocenters. The molecular formula is C11H22N2O. The van der Waals surface area contributed by atoms with Gasteiger partial charge in [-0.3, -0.25) is 4.79 Å². The van der Waals surface area contributed by atoms with Gasteiger partial charge in [-0.1, -0.05) is 20.8 Å². The van der Waals surface area contributed by atoms with E-state index in [1.54, 1.807) is 0 Å². The maximum atomic E-state index is 11.4. The molecule has 0 aliphatic heterocycles. The predicted octanol–water partition coefficient (Wildman–Crippen LogP) is 1.29. The van der Waals surface area contributed by atoms with E-state index in [0.29, 0.717) is 18.0 Å². The molecule has 1 rings (SSSR count). The smallest absolute Gasteiger partial charge is 0.233 e. The highest BCUT2D eigenvalue weighted by Gasteiger charge is 2.40. The lowest BCUT2D eigenvalue weighted by atomic mass is 10.0. The van der Waals surface area contributed by atoms with E-state index in [1.807, 2.05) is 13.8 Å². The molecule has 0 saturated heterocycles. The van der Waals surface area contributed by atoms with Gasteiger partial charge in [-0.2, -0.15) is 0 Å². The summed E-state index contributed by atoms with van der Waals surface area (Å²) in [7, 11) is 0. The Morgan fingerprint density at radius 3 is 2.50 bits per heavy atom. The van der Waals surface area contributed by atoms with Crippen molar-refractivity contribution in [3.05, 3.63) is 0 Å². The fraction of sp³-hybridized carbons (Fsp3) is 0.909. The summed E-state index contributed by atoms with van der Waals surface area (Å²) in [6.07, 6.45) is 3.74. The summed E-state index contributed by atoms with van der Waals surface area (Å²) < 4.78 is 0. The standard InChI is InChI=1S/C11H22N2O/c1-4-11(5-6-11)8-13-10(14)7-12-9(2)3/h9,12H,4-8H2,1-3H3,(H,13,14). The number of rotatable bonds is 6. The summed E-state index contributed by atoms with van der Waals surface area (Å²) in [5.41, 5.74) is 0.452. The summed E-state index contributed by atoms with van der Waals surface area (Å²) in [4.78, 5) is 11.4. The van der Waals surface area contributed by atoms with Crippen LogP contribution in [0.3, 0.4) is 0 Å². The van der Waals surface area contributed by atoms with E-state index in [-0.39, 0.29) is 5.91 Å². The van der Waals surface area contributed by atoms with Crippen LogP contribution < -0.4 is 10.6 Å². The van der Waals surface area contributed by atoms with Crippen LogP contribution in [0.2, 0.25) is 0 Å². The average Bonchev–Trinajstić information content (AvgIpc) is 2.92. The molecule has 14 heavy (non-hydrogen) atoms. The SMILES string of the molecule is CCC1(CNC(=O)CNC(C)C)CC1. The van der Waals surface area contributed by atoms with Gasteiger partial charge in [0.05, 0.1) is 6.54 Å². The summed E-state index contributed by atoms with van der Waals surface area (Å²) in [5, 5.41) is 6.10. The van der Waals surface area contributed by atoms with Crippen LogP contribution in [0.5, 0.6) is 0 Å². The lowest BCUT2D eigenvalue weighted by molar-refractivity contribution is -0.120. The molecular weight excluding hydrogens is 176 g/mol. The van der Waals surface area contributed by atoms with Crippen molar-refractivity contribution < 1.29 is 4.79 Å². The van der Waals surface area contributed by atoms with E-state index in [2.05, 4.69) is 17.6 Å². The maximum Gasteiger partial charge on any atom is 0.233 e. The van der Waals surface area contributed by atoms with Gasteiger partial charge in [-0.15, -0.1) is 0 Å². The summed E-state index contributed by atoms with van der Waals surface area (Å²) in [6, 6.07) is 0.377. The fourth-order valence-corrected chi connectivity index (χ4v) is 1.48. The number of hydrogen-bond acceptors (Lipinski definition) is 2. The minimum Gasteiger partial charge on any atom is -0.354 e. The van der Waals surface area contributed by atoms with Crippen LogP contribution in [-0.4, -0.2) is 25.0 Å². The summed E-state index contributed by atoms with van der Waals surface area (Å²) >= 11 is 0. The zero-order chi connectivity index (χ0) is 10.6. The Balaban J connectivity index is 2.09. The molecule has 0 heterocycles. The van der Waals surface area contributed by atoms with Crippen molar-refractivity contribution in [2.75, 3.05) is 13.1 Å². The molecule has 0 unspecified atom stereocenters. The molecule has 1 fully saturated rings. The molecule has 1 aliphatic rings. The quantitative estimate of drug-likeness (QED) is 0.675. The second-order valence-electron chi connectivity index (χ2n) is 4.67. The number of hydrogen-bond donors (Lipinski definition) is 2. The van der Waals surface area contributed by atoms with E-state index in [1.165, 1.54) is 19.3 Å². The second kappa shape index (κ2) is 4.78. The molecule has 82 valence electrons. The first-order chi connectivity index (χ1) is 6.58. The van der Waals surface area contributed by atoms with Crippen LogP contribution in [-0.2, 0) is 4.79 Å². The first-order valence-electron chi connectivity index (χ1n) is 5.58. The zero-order valence-electron chi connectivity index (χ0n) is 9.52. The van der Waals surface area contributed by atoms with Gasteiger partial charge in [0.1, 0.15) is 0 Å². The van der Waals surface area contributed by atoms with Gasteiger partial charge in [-0.05, 0) is 24.7 Å². The fourth-order valence-electron chi connectivity index (χ4n) is 1.48.